The minimum absolute atomic E-state index is 0.0503. The lowest BCUT2D eigenvalue weighted by Crippen LogP contribution is -2.47. The fourth-order valence-electron chi connectivity index (χ4n) is 3.64. The first-order chi connectivity index (χ1) is 14.4. The van der Waals surface area contributed by atoms with Gasteiger partial charge >= 0.3 is 0 Å². The molecule has 1 aromatic carbocycles. The van der Waals surface area contributed by atoms with Gasteiger partial charge in [0.15, 0.2) is 0 Å². The van der Waals surface area contributed by atoms with Gasteiger partial charge in [-0.2, -0.15) is 0 Å². The second-order valence-electron chi connectivity index (χ2n) is 7.29. The summed E-state index contributed by atoms with van der Waals surface area (Å²) in [6.45, 7) is 8.81. The summed E-state index contributed by atoms with van der Waals surface area (Å²) in [5.74, 6) is 0.596. The molecule has 0 radical (unpaired) electrons. The molecule has 30 heavy (non-hydrogen) atoms. The van der Waals surface area contributed by atoms with Crippen molar-refractivity contribution in [2.45, 2.75) is 32.7 Å². The maximum Gasteiger partial charge on any atom is 0.242 e. The van der Waals surface area contributed by atoms with Crippen molar-refractivity contribution in [3.05, 3.63) is 63.3 Å². The van der Waals surface area contributed by atoms with Crippen molar-refractivity contribution < 1.29 is 14.3 Å². The number of fused-ring (bicyclic) bond motifs is 1. The lowest BCUT2D eigenvalue weighted by Gasteiger charge is -2.37. The quantitative estimate of drug-likeness (QED) is 0.555. The molecule has 1 atom stereocenters. The predicted molar refractivity (Wildman–Crippen MR) is 121 cm³/mol. The number of aryl methyl sites for hydroxylation is 1. The molecule has 0 aliphatic carbocycles. The van der Waals surface area contributed by atoms with Gasteiger partial charge in [0.2, 0.25) is 11.8 Å². The Balaban J connectivity index is 1.78. The molecule has 1 aromatic heterocycles. The molecule has 1 aliphatic rings. The number of halogens is 1. The summed E-state index contributed by atoms with van der Waals surface area (Å²) in [7, 11) is 0. The van der Waals surface area contributed by atoms with Crippen molar-refractivity contribution in [2.24, 2.45) is 0 Å². The summed E-state index contributed by atoms with van der Waals surface area (Å²) in [4.78, 5) is 30.1. The highest BCUT2D eigenvalue weighted by atomic mass is 35.5. The van der Waals surface area contributed by atoms with E-state index in [2.05, 4.69) is 18.0 Å². The Morgan fingerprint density at radius 2 is 2.20 bits per heavy atom. The molecular formula is C23H27ClN2O3S. The van der Waals surface area contributed by atoms with Crippen molar-refractivity contribution in [3.8, 4) is 5.75 Å². The summed E-state index contributed by atoms with van der Waals surface area (Å²) < 4.78 is 6.06. The minimum Gasteiger partial charge on any atom is -0.491 e. The first-order valence-corrected chi connectivity index (χ1v) is 11.3. The number of benzene rings is 1. The molecule has 0 bridgehead atoms. The van der Waals surface area contributed by atoms with Gasteiger partial charge in [0.05, 0.1) is 6.04 Å². The van der Waals surface area contributed by atoms with E-state index in [1.54, 1.807) is 29.2 Å². The van der Waals surface area contributed by atoms with E-state index in [1.807, 2.05) is 30.0 Å². The highest BCUT2D eigenvalue weighted by molar-refractivity contribution is 7.10. The number of amides is 2. The highest BCUT2D eigenvalue weighted by Crippen LogP contribution is 2.34. The topological polar surface area (TPSA) is 49.9 Å². The van der Waals surface area contributed by atoms with Crippen LogP contribution in [0, 0.1) is 6.92 Å². The molecule has 7 heteroatoms. The van der Waals surface area contributed by atoms with Crippen LogP contribution in [0.15, 0.2) is 42.3 Å². The standard InChI is InChI=1S/C23H27ClN2O3S/c1-4-10-25(22(27)5-2)14-23(28)26-11-8-21-18(9-12-30-21)20(26)15-29-17-6-7-19(24)16(3)13-17/h4,6-7,9,12-13,20H,1,5,8,10-11,14-15H2,2-3H3/t20-/m0/s1. The van der Waals surface area contributed by atoms with Crippen LogP contribution in [0.5, 0.6) is 5.75 Å². The Kier molecular flexibility index (Phi) is 7.56. The Morgan fingerprint density at radius 3 is 2.90 bits per heavy atom. The number of ether oxygens (including phenoxy) is 1. The monoisotopic (exact) mass is 446 g/mol. The van der Waals surface area contributed by atoms with E-state index >= 15 is 0 Å². The lowest BCUT2D eigenvalue weighted by molar-refractivity contribution is -0.142. The number of thiophene rings is 1. The molecule has 5 nitrogen and oxygen atoms in total. The molecule has 2 aromatic rings. The molecule has 0 saturated heterocycles. The van der Waals surface area contributed by atoms with Crippen LogP contribution in [-0.2, 0) is 16.0 Å². The number of rotatable bonds is 8. The van der Waals surface area contributed by atoms with E-state index in [0.717, 1.165) is 23.3 Å². The Bertz CT molecular complexity index is 927. The third-order valence-corrected chi connectivity index (χ3v) is 6.70. The largest absolute Gasteiger partial charge is 0.491 e. The fraction of sp³-hybridized carbons (Fsp3) is 0.391. The Morgan fingerprint density at radius 1 is 1.40 bits per heavy atom. The van der Waals surface area contributed by atoms with Crippen molar-refractivity contribution in [2.75, 3.05) is 26.2 Å². The molecule has 0 N–H and O–H groups in total. The van der Waals surface area contributed by atoms with Gasteiger partial charge in [-0.3, -0.25) is 9.59 Å². The molecule has 0 fully saturated rings. The third kappa shape index (κ3) is 5.05. The average Bonchev–Trinajstić information content (AvgIpc) is 3.22. The van der Waals surface area contributed by atoms with Crippen molar-refractivity contribution >= 4 is 34.8 Å². The van der Waals surface area contributed by atoms with E-state index in [1.165, 1.54) is 4.88 Å². The number of carbonyl (C=O) groups is 2. The second-order valence-corrected chi connectivity index (χ2v) is 8.70. The van der Waals surface area contributed by atoms with E-state index < -0.39 is 0 Å². The van der Waals surface area contributed by atoms with Crippen LogP contribution in [0.1, 0.15) is 35.4 Å². The van der Waals surface area contributed by atoms with Gasteiger partial charge in [-0.15, -0.1) is 17.9 Å². The van der Waals surface area contributed by atoms with Crippen LogP contribution in [0.3, 0.4) is 0 Å². The summed E-state index contributed by atoms with van der Waals surface area (Å²) in [5.41, 5.74) is 2.07. The van der Waals surface area contributed by atoms with Gasteiger partial charge in [0.1, 0.15) is 18.9 Å². The van der Waals surface area contributed by atoms with Gasteiger partial charge in [0.25, 0.3) is 0 Å². The Labute approximate surface area is 186 Å². The summed E-state index contributed by atoms with van der Waals surface area (Å²) in [6, 6.07) is 7.43. The number of hydrogen-bond donors (Lipinski definition) is 0. The van der Waals surface area contributed by atoms with Crippen molar-refractivity contribution in [1.29, 1.82) is 0 Å². The first kappa shape index (κ1) is 22.4. The van der Waals surface area contributed by atoms with Crippen molar-refractivity contribution in [1.82, 2.24) is 9.80 Å². The van der Waals surface area contributed by atoms with Crippen LogP contribution >= 0.6 is 22.9 Å². The van der Waals surface area contributed by atoms with Crippen molar-refractivity contribution in [3.63, 3.8) is 0 Å². The first-order valence-electron chi connectivity index (χ1n) is 10.1. The molecule has 0 unspecified atom stereocenters. The molecule has 1 aliphatic heterocycles. The maximum absolute atomic E-state index is 13.2. The van der Waals surface area contributed by atoms with E-state index in [-0.39, 0.29) is 24.4 Å². The summed E-state index contributed by atoms with van der Waals surface area (Å²) in [5, 5.41) is 2.75. The van der Waals surface area contributed by atoms with Gasteiger partial charge in [0, 0.05) is 29.4 Å². The van der Waals surface area contributed by atoms with Crippen LogP contribution in [0.2, 0.25) is 5.02 Å². The molecule has 0 saturated carbocycles. The van der Waals surface area contributed by atoms with E-state index in [4.69, 9.17) is 16.3 Å². The van der Waals surface area contributed by atoms with Crippen LogP contribution < -0.4 is 4.74 Å². The summed E-state index contributed by atoms with van der Waals surface area (Å²) in [6.07, 6.45) is 2.83. The highest BCUT2D eigenvalue weighted by Gasteiger charge is 2.33. The smallest absolute Gasteiger partial charge is 0.242 e. The SMILES string of the molecule is C=CCN(CC(=O)N1CCc2sccc2[C@@H]1COc1ccc(Cl)c(C)c1)C(=O)CC. The second kappa shape index (κ2) is 10.1. The zero-order chi connectivity index (χ0) is 21.7. The average molecular weight is 447 g/mol. The maximum atomic E-state index is 13.2. The molecule has 0 spiro atoms. The lowest BCUT2D eigenvalue weighted by atomic mass is 10.0. The van der Waals surface area contributed by atoms with Gasteiger partial charge < -0.3 is 14.5 Å². The number of hydrogen-bond acceptors (Lipinski definition) is 4. The third-order valence-electron chi connectivity index (χ3n) is 5.28. The molecule has 2 heterocycles. The molecule has 2 amide bonds. The minimum atomic E-state index is -0.189. The predicted octanol–water partition coefficient (Wildman–Crippen LogP) is 4.64. The van der Waals surface area contributed by atoms with Crippen LogP contribution in [0.4, 0.5) is 0 Å². The van der Waals surface area contributed by atoms with E-state index in [0.29, 0.717) is 31.1 Å². The number of carbonyl (C=O) groups excluding carboxylic acids is 2. The van der Waals surface area contributed by atoms with Gasteiger partial charge in [-0.1, -0.05) is 24.6 Å². The molecule has 3 rings (SSSR count). The van der Waals surface area contributed by atoms with E-state index in [9.17, 15) is 9.59 Å². The molecule has 160 valence electrons. The van der Waals surface area contributed by atoms with Gasteiger partial charge in [-0.05, 0) is 54.1 Å². The summed E-state index contributed by atoms with van der Waals surface area (Å²) >= 11 is 7.82. The van der Waals surface area contributed by atoms with Gasteiger partial charge in [-0.25, -0.2) is 0 Å². The normalized spacial score (nSPS) is 15.4. The fourth-order valence-corrected chi connectivity index (χ4v) is 4.69. The number of nitrogens with zero attached hydrogens (tertiary/aromatic N) is 2. The van der Waals surface area contributed by atoms with Crippen LogP contribution in [0.25, 0.3) is 0 Å². The Hall–Kier alpha value is -2.31. The molecular weight excluding hydrogens is 420 g/mol. The zero-order valence-electron chi connectivity index (χ0n) is 17.4. The zero-order valence-corrected chi connectivity index (χ0v) is 19.0. The van der Waals surface area contributed by atoms with Crippen LogP contribution in [-0.4, -0.2) is 47.9 Å².